The van der Waals surface area contributed by atoms with Gasteiger partial charge in [-0.2, -0.15) is 0 Å². The van der Waals surface area contributed by atoms with Crippen LogP contribution in [0, 0.1) is 5.92 Å². The Hall–Kier alpha value is -3.56. The second kappa shape index (κ2) is 13.1. The van der Waals surface area contributed by atoms with E-state index in [1.165, 1.54) is 13.2 Å². The molecule has 2 aromatic carbocycles. The van der Waals surface area contributed by atoms with Crippen LogP contribution in [0.4, 0.5) is 16.2 Å². The van der Waals surface area contributed by atoms with Crippen LogP contribution in [0.3, 0.4) is 0 Å². The van der Waals surface area contributed by atoms with E-state index in [4.69, 9.17) is 23.2 Å². The SMILES string of the molecule is COC(=O)C(C)NC(=O)C1CCN(C(=O)/C=C/c2ccc(NC(=O)Nc3ccccc3)c(Cl)c2Cl)CC1. The smallest absolute Gasteiger partial charge is 0.328 e. The molecule has 1 aliphatic rings. The highest BCUT2D eigenvalue weighted by atomic mass is 35.5. The first-order valence-corrected chi connectivity index (χ1v) is 12.4. The van der Waals surface area contributed by atoms with Crippen molar-refractivity contribution in [2.45, 2.75) is 25.8 Å². The fourth-order valence-corrected chi connectivity index (χ4v) is 4.24. The van der Waals surface area contributed by atoms with Gasteiger partial charge in [0, 0.05) is 30.8 Å². The molecule has 1 atom stereocenters. The maximum absolute atomic E-state index is 12.7. The van der Waals surface area contributed by atoms with Gasteiger partial charge in [0.05, 0.1) is 22.8 Å². The van der Waals surface area contributed by atoms with E-state index in [0.29, 0.717) is 42.9 Å². The monoisotopic (exact) mass is 546 g/mol. The number of carbonyl (C=O) groups excluding carboxylic acids is 4. The number of nitrogens with one attached hydrogen (secondary N) is 3. The van der Waals surface area contributed by atoms with Crippen molar-refractivity contribution >= 4 is 64.5 Å². The second-order valence-electron chi connectivity index (χ2n) is 8.46. The van der Waals surface area contributed by atoms with E-state index in [-0.39, 0.29) is 27.8 Å². The van der Waals surface area contributed by atoms with Crippen LogP contribution in [0.5, 0.6) is 0 Å². The average Bonchev–Trinajstić information content (AvgIpc) is 2.90. The summed E-state index contributed by atoms with van der Waals surface area (Å²) >= 11 is 12.7. The summed E-state index contributed by atoms with van der Waals surface area (Å²) in [5, 5.41) is 8.33. The fraction of sp³-hybridized carbons (Fsp3) is 0.308. The van der Waals surface area contributed by atoms with Crippen LogP contribution in [-0.2, 0) is 19.1 Å². The molecule has 4 amide bonds. The molecule has 196 valence electrons. The molecule has 1 saturated heterocycles. The molecule has 3 N–H and O–H groups in total. The van der Waals surface area contributed by atoms with Gasteiger partial charge in [-0.1, -0.05) is 47.5 Å². The summed E-state index contributed by atoms with van der Waals surface area (Å²) in [6.07, 6.45) is 3.92. The molecule has 0 spiro atoms. The molecule has 0 aromatic heterocycles. The highest BCUT2D eigenvalue weighted by Gasteiger charge is 2.28. The summed E-state index contributed by atoms with van der Waals surface area (Å²) in [7, 11) is 1.26. The number of carbonyl (C=O) groups is 4. The number of amides is 4. The molecule has 0 bridgehead atoms. The summed E-state index contributed by atoms with van der Waals surface area (Å²) in [5.41, 5.74) is 1.46. The molecule has 1 unspecified atom stereocenters. The molecular weight excluding hydrogens is 519 g/mol. The number of ether oxygens (including phenoxy) is 1. The van der Waals surface area contributed by atoms with Crippen molar-refractivity contribution in [3.8, 4) is 0 Å². The Kier molecular flexibility index (Phi) is 9.93. The van der Waals surface area contributed by atoms with Crippen molar-refractivity contribution in [2.24, 2.45) is 5.92 Å². The van der Waals surface area contributed by atoms with Crippen molar-refractivity contribution < 1.29 is 23.9 Å². The largest absolute Gasteiger partial charge is 0.467 e. The number of likely N-dealkylation sites (tertiary alicyclic amines) is 1. The standard InChI is InChI=1S/C26H28Cl2N4O5/c1-16(25(35)37-2)29-24(34)18-12-14-32(15-13-18)21(33)11-9-17-8-10-20(23(28)22(17)27)31-26(36)30-19-6-4-3-5-7-19/h3-11,16,18H,12-15H2,1-2H3,(H,29,34)(H2,30,31,36)/b11-9+. The highest BCUT2D eigenvalue weighted by Crippen LogP contribution is 2.34. The van der Waals surface area contributed by atoms with Crippen LogP contribution in [0.1, 0.15) is 25.3 Å². The lowest BCUT2D eigenvalue weighted by molar-refractivity contribution is -0.145. The third kappa shape index (κ3) is 7.71. The molecule has 1 heterocycles. The van der Waals surface area contributed by atoms with E-state index in [2.05, 4.69) is 20.7 Å². The van der Waals surface area contributed by atoms with Gasteiger partial charge in [0.1, 0.15) is 6.04 Å². The van der Waals surface area contributed by atoms with Gasteiger partial charge in [0.25, 0.3) is 0 Å². The van der Waals surface area contributed by atoms with Crippen LogP contribution in [0.25, 0.3) is 6.08 Å². The maximum Gasteiger partial charge on any atom is 0.328 e. The number of hydrogen-bond donors (Lipinski definition) is 3. The van der Waals surface area contributed by atoms with Gasteiger partial charge in [-0.25, -0.2) is 9.59 Å². The number of esters is 1. The Morgan fingerprint density at radius 2 is 1.68 bits per heavy atom. The van der Waals surface area contributed by atoms with Crippen molar-refractivity contribution in [1.29, 1.82) is 0 Å². The summed E-state index contributed by atoms with van der Waals surface area (Å²) < 4.78 is 4.62. The zero-order valence-corrected chi connectivity index (χ0v) is 21.9. The molecule has 9 nitrogen and oxygen atoms in total. The third-order valence-corrected chi connectivity index (χ3v) is 6.78. The van der Waals surface area contributed by atoms with Crippen LogP contribution >= 0.6 is 23.2 Å². The van der Waals surface area contributed by atoms with E-state index in [1.54, 1.807) is 54.3 Å². The summed E-state index contributed by atoms with van der Waals surface area (Å²) in [4.78, 5) is 50.4. The number of piperidine rings is 1. The fourth-order valence-electron chi connectivity index (χ4n) is 3.79. The van der Waals surface area contributed by atoms with Crippen LogP contribution in [0.15, 0.2) is 48.5 Å². The van der Waals surface area contributed by atoms with Crippen LogP contribution < -0.4 is 16.0 Å². The van der Waals surface area contributed by atoms with E-state index >= 15 is 0 Å². The summed E-state index contributed by atoms with van der Waals surface area (Å²) in [5.74, 6) is -1.25. The summed E-state index contributed by atoms with van der Waals surface area (Å²) in [6.45, 7) is 2.37. The van der Waals surface area contributed by atoms with Crippen molar-refractivity contribution in [1.82, 2.24) is 10.2 Å². The lowest BCUT2D eigenvalue weighted by atomic mass is 9.95. The van der Waals surface area contributed by atoms with E-state index in [0.717, 1.165) is 0 Å². The van der Waals surface area contributed by atoms with Crippen molar-refractivity contribution in [2.75, 3.05) is 30.8 Å². The Morgan fingerprint density at radius 3 is 2.32 bits per heavy atom. The number of rotatable bonds is 7. The molecular formula is C26H28Cl2N4O5. The average molecular weight is 547 g/mol. The zero-order chi connectivity index (χ0) is 26.9. The van der Waals surface area contributed by atoms with Crippen molar-refractivity contribution in [3.05, 3.63) is 64.1 Å². The number of benzene rings is 2. The van der Waals surface area contributed by atoms with Gasteiger partial charge in [-0.15, -0.1) is 0 Å². The first-order valence-electron chi connectivity index (χ1n) is 11.7. The molecule has 0 aliphatic carbocycles. The highest BCUT2D eigenvalue weighted by molar-refractivity contribution is 6.45. The van der Waals surface area contributed by atoms with E-state index < -0.39 is 18.0 Å². The Bertz CT molecular complexity index is 1180. The van der Waals surface area contributed by atoms with Crippen LogP contribution in [0.2, 0.25) is 10.0 Å². The van der Waals surface area contributed by atoms with Crippen LogP contribution in [-0.4, -0.2) is 55.0 Å². The predicted molar refractivity (Wildman–Crippen MR) is 144 cm³/mol. The number of urea groups is 1. The number of anilines is 2. The van der Waals surface area contributed by atoms with Gasteiger partial charge < -0.3 is 25.6 Å². The van der Waals surface area contributed by atoms with Gasteiger partial charge in [-0.05, 0) is 49.6 Å². The molecule has 11 heteroatoms. The molecule has 0 radical (unpaired) electrons. The number of nitrogens with zero attached hydrogens (tertiary/aromatic N) is 1. The van der Waals surface area contributed by atoms with Gasteiger partial charge in [0.15, 0.2) is 0 Å². The maximum atomic E-state index is 12.7. The molecule has 1 fully saturated rings. The molecule has 2 aromatic rings. The molecule has 37 heavy (non-hydrogen) atoms. The van der Waals surface area contributed by atoms with Crippen molar-refractivity contribution in [3.63, 3.8) is 0 Å². The van der Waals surface area contributed by atoms with E-state index in [9.17, 15) is 19.2 Å². The number of halogens is 2. The Balaban J connectivity index is 1.53. The lowest BCUT2D eigenvalue weighted by Gasteiger charge is -2.31. The number of hydrogen-bond acceptors (Lipinski definition) is 5. The third-order valence-electron chi connectivity index (χ3n) is 5.89. The van der Waals surface area contributed by atoms with Gasteiger partial charge in [-0.3, -0.25) is 9.59 Å². The quantitative estimate of drug-likeness (QED) is 0.347. The van der Waals surface area contributed by atoms with E-state index in [1.807, 2.05) is 6.07 Å². The molecule has 1 aliphatic heterocycles. The Morgan fingerprint density at radius 1 is 1.00 bits per heavy atom. The zero-order valence-electron chi connectivity index (χ0n) is 20.4. The topological polar surface area (TPSA) is 117 Å². The minimum atomic E-state index is -0.725. The minimum Gasteiger partial charge on any atom is -0.467 e. The first kappa shape index (κ1) is 28.0. The number of methoxy groups -OCH3 is 1. The minimum absolute atomic E-state index is 0.146. The molecule has 3 rings (SSSR count). The normalized spacial score (nSPS) is 14.6. The summed E-state index contributed by atoms with van der Waals surface area (Å²) in [6, 6.07) is 11.0. The predicted octanol–water partition coefficient (Wildman–Crippen LogP) is 4.57. The lowest BCUT2D eigenvalue weighted by Crippen LogP contribution is -2.46. The van der Waals surface area contributed by atoms with Gasteiger partial charge >= 0.3 is 12.0 Å². The van der Waals surface area contributed by atoms with Gasteiger partial charge in [0.2, 0.25) is 11.8 Å². The second-order valence-corrected chi connectivity index (χ2v) is 9.22. The number of para-hydroxylation sites is 1. The molecule has 0 saturated carbocycles. The first-order chi connectivity index (χ1) is 17.7. The Labute approximate surface area is 225 Å².